The van der Waals surface area contributed by atoms with Gasteiger partial charge in [-0.15, -0.1) is 0 Å². The van der Waals surface area contributed by atoms with Crippen LogP contribution in [-0.4, -0.2) is 65.0 Å². The molecule has 10 heteroatoms. The molecule has 7 nitrogen and oxygen atoms in total. The molecule has 2 aliphatic heterocycles. The number of pyridine rings is 1. The molecule has 2 aromatic rings. The van der Waals surface area contributed by atoms with Crippen LogP contribution in [0.4, 0.5) is 13.2 Å². The van der Waals surface area contributed by atoms with E-state index in [9.17, 15) is 23.1 Å². The fraction of sp³-hybridized carbons (Fsp3) is 0.520. The van der Waals surface area contributed by atoms with Crippen LogP contribution in [0.1, 0.15) is 36.0 Å². The van der Waals surface area contributed by atoms with E-state index in [1.165, 1.54) is 6.07 Å². The minimum Gasteiger partial charge on any atom is -0.389 e. The Morgan fingerprint density at radius 3 is 2.71 bits per heavy atom. The second kappa shape index (κ2) is 11.5. The fourth-order valence-electron chi connectivity index (χ4n) is 4.69. The molecule has 2 aliphatic rings. The number of benzene rings is 1. The van der Waals surface area contributed by atoms with E-state index in [4.69, 9.17) is 9.47 Å². The second-order valence-corrected chi connectivity index (χ2v) is 9.10. The predicted molar refractivity (Wildman–Crippen MR) is 121 cm³/mol. The van der Waals surface area contributed by atoms with Crippen molar-refractivity contribution in [1.29, 1.82) is 0 Å². The maximum Gasteiger partial charge on any atom is 0.416 e. The number of ether oxygens (including phenoxy) is 2. The second-order valence-electron chi connectivity index (χ2n) is 9.10. The average Bonchev–Trinajstić information content (AvgIpc) is 2.82. The van der Waals surface area contributed by atoms with E-state index in [0.717, 1.165) is 17.7 Å². The Kier molecular flexibility index (Phi) is 8.38. The smallest absolute Gasteiger partial charge is 0.389 e. The van der Waals surface area contributed by atoms with Gasteiger partial charge in [-0.1, -0.05) is 18.2 Å². The van der Waals surface area contributed by atoms with E-state index < -0.39 is 17.8 Å². The van der Waals surface area contributed by atoms with E-state index in [-0.39, 0.29) is 56.9 Å². The number of nitrogens with one attached hydrogen (secondary N) is 1. The van der Waals surface area contributed by atoms with Crippen LogP contribution in [0, 0.1) is 0 Å². The summed E-state index contributed by atoms with van der Waals surface area (Å²) in [5.41, 5.74) is 0.778. The molecule has 0 unspecified atom stereocenters. The third-order valence-electron chi connectivity index (χ3n) is 6.38. The van der Waals surface area contributed by atoms with Gasteiger partial charge in [-0.05, 0) is 42.2 Å². The van der Waals surface area contributed by atoms with Crippen molar-refractivity contribution >= 4 is 5.91 Å². The molecule has 0 aliphatic carbocycles. The first-order chi connectivity index (χ1) is 16.8. The Hall–Kier alpha value is -2.53. The first-order valence-electron chi connectivity index (χ1n) is 11.7. The zero-order valence-electron chi connectivity index (χ0n) is 19.3. The molecule has 35 heavy (non-hydrogen) atoms. The molecular formula is C25H30F3N3O4. The number of alkyl halides is 3. The Morgan fingerprint density at radius 1 is 1.14 bits per heavy atom. The van der Waals surface area contributed by atoms with Crippen LogP contribution in [0.5, 0.6) is 0 Å². The molecule has 1 amide bonds. The van der Waals surface area contributed by atoms with Crippen LogP contribution in [-0.2, 0) is 33.5 Å². The third-order valence-corrected chi connectivity index (χ3v) is 6.38. The third kappa shape index (κ3) is 7.23. The number of rotatable bonds is 6. The van der Waals surface area contributed by atoms with Crippen LogP contribution in [0.25, 0.3) is 0 Å². The highest BCUT2D eigenvalue weighted by molar-refractivity contribution is 5.76. The summed E-state index contributed by atoms with van der Waals surface area (Å²) < 4.78 is 51.4. The minimum atomic E-state index is -4.42. The lowest BCUT2D eigenvalue weighted by Gasteiger charge is -2.44. The summed E-state index contributed by atoms with van der Waals surface area (Å²) in [6.07, 6.45) is -0.937. The molecule has 0 bridgehead atoms. The summed E-state index contributed by atoms with van der Waals surface area (Å²) >= 11 is 0. The van der Waals surface area contributed by atoms with Gasteiger partial charge in [-0.3, -0.25) is 14.7 Å². The number of fused-ring (bicyclic) bond motifs is 1. The van der Waals surface area contributed by atoms with Crippen LogP contribution in [0.2, 0.25) is 0 Å². The lowest BCUT2D eigenvalue weighted by molar-refractivity contribution is -0.158. The Bertz CT molecular complexity index is 976. The standard InChI is InChI=1S/C25H30F3N3O4/c26-25(27,28)19-3-1-2-18(10-19)13-31-14-20(32)15-34-16-23-22(31)5-4-21(35-23)11-24(33)30-12-17-6-8-29-9-7-17/h1-3,6-10,20-23,32H,4-5,11-16H2,(H,30,33)/t20-,21-,22+,23-/m1/s1. The highest BCUT2D eigenvalue weighted by Gasteiger charge is 2.38. The SMILES string of the molecule is O=C(C[C@H]1CC[C@H]2[C@@H](COC[C@H](O)CN2Cc2cccc(C(F)(F)F)c2)O1)NCc1ccncc1. The molecule has 0 spiro atoms. The average molecular weight is 494 g/mol. The normalized spacial score (nSPS) is 25.8. The molecule has 190 valence electrons. The van der Waals surface area contributed by atoms with Crippen molar-refractivity contribution in [3.05, 3.63) is 65.5 Å². The van der Waals surface area contributed by atoms with E-state index in [2.05, 4.69) is 10.3 Å². The number of carbonyl (C=O) groups excluding carboxylic acids is 1. The van der Waals surface area contributed by atoms with Gasteiger partial charge in [0.1, 0.15) is 0 Å². The number of amides is 1. The number of halogens is 3. The molecule has 2 fully saturated rings. The van der Waals surface area contributed by atoms with Gasteiger partial charge in [0.2, 0.25) is 5.91 Å². The van der Waals surface area contributed by atoms with E-state index in [1.807, 2.05) is 17.0 Å². The first kappa shape index (κ1) is 25.6. The lowest BCUT2D eigenvalue weighted by atomic mass is 9.94. The fourth-order valence-corrected chi connectivity index (χ4v) is 4.69. The number of aromatic nitrogens is 1. The monoisotopic (exact) mass is 493 g/mol. The topological polar surface area (TPSA) is 83.9 Å². The minimum absolute atomic E-state index is 0.114. The Balaban J connectivity index is 1.38. The van der Waals surface area contributed by atoms with Crippen molar-refractivity contribution in [1.82, 2.24) is 15.2 Å². The van der Waals surface area contributed by atoms with Crippen molar-refractivity contribution in [2.45, 2.75) is 62.9 Å². The Labute approximate surface area is 202 Å². The van der Waals surface area contributed by atoms with Crippen LogP contribution in [0.3, 0.4) is 0 Å². The molecular weight excluding hydrogens is 463 g/mol. The molecule has 3 heterocycles. The molecule has 1 aromatic carbocycles. The van der Waals surface area contributed by atoms with E-state index in [0.29, 0.717) is 24.9 Å². The van der Waals surface area contributed by atoms with Gasteiger partial charge in [0.05, 0.1) is 43.5 Å². The van der Waals surface area contributed by atoms with Gasteiger partial charge < -0.3 is 19.9 Å². The first-order valence-corrected chi connectivity index (χ1v) is 11.7. The van der Waals surface area contributed by atoms with Gasteiger partial charge in [-0.2, -0.15) is 13.2 Å². The summed E-state index contributed by atoms with van der Waals surface area (Å²) in [6.45, 7) is 1.28. The molecule has 2 N–H and O–H groups in total. The number of hydrogen-bond acceptors (Lipinski definition) is 6. The molecule has 0 radical (unpaired) electrons. The zero-order valence-corrected chi connectivity index (χ0v) is 19.3. The summed E-state index contributed by atoms with van der Waals surface area (Å²) in [5, 5.41) is 13.2. The van der Waals surface area contributed by atoms with Crippen molar-refractivity contribution in [3.63, 3.8) is 0 Å². The molecule has 4 rings (SSSR count). The molecule has 4 atom stereocenters. The maximum absolute atomic E-state index is 13.2. The summed E-state index contributed by atoms with van der Waals surface area (Å²) in [4.78, 5) is 18.4. The number of carbonyl (C=O) groups is 1. The maximum atomic E-state index is 13.2. The van der Waals surface area contributed by atoms with Crippen molar-refractivity contribution in [2.24, 2.45) is 0 Å². The van der Waals surface area contributed by atoms with Gasteiger partial charge in [-0.25, -0.2) is 0 Å². The number of nitrogens with zero attached hydrogens (tertiary/aromatic N) is 2. The number of aliphatic hydroxyl groups is 1. The van der Waals surface area contributed by atoms with Crippen LogP contribution < -0.4 is 5.32 Å². The molecule has 2 saturated heterocycles. The largest absolute Gasteiger partial charge is 0.416 e. The van der Waals surface area contributed by atoms with Gasteiger partial charge >= 0.3 is 6.18 Å². The van der Waals surface area contributed by atoms with Crippen molar-refractivity contribution in [2.75, 3.05) is 19.8 Å². The lowest BCUT2D eigenvalue weighted by Crippen LogP contribution is -2.55. The molecule has 0 saturated carbocycles. The van der Waals surface area contributed by atoms with Crippen molar-refractivity contribution < 1.29 is 32.5 Å². The quantitative estimate of drug-likeness (QED) is 0.644. The number of hydrogen-bond donors (Lipinski definition) is 2. The van der Waals surface area contributed by atoms with Crippen LogP contribution >= 0.6 is 0 Å². The van der Waals surface area contributed by atoms with Gasteiger partial charge in [0.25, 0.3) is 0 Å². The summed E-state index contributed by atoms with van der Waals surface area (Å²) in [6, 6.07) is 8.79. The predicted octanol–water partition coefficient (Wildman–Crippen LogP) is 2.92. The highest BCUT2D eigenvalue weighted by Crippen LogP contribution is 2.32. The number of β-amino-alcohol motifs (C(OH)–C–C–N with tert-alkyl or cyclic N) is 1. The molecule has 1 aromatic heterocycles. The van der Waals surface area contributed by atoms with Crippen LogP contribution in [0.15, 0.2) is 48.8 Å². The van der Waals surface area contributed by atoms with Gasteiger partial charge in [0, 0.05) is 38.1 Å². The highest BCUT2D eigenvalue weighted by atomic mass is 19.4. The number of aliphatic hydroxyl groups excluding tert-OH is 1. The summed E-state index contributed by atoms with van der Waals surface area (Å²) in [5.74, 6) is -0.117. The van der Waals surface area contributed by atoms with E-state index in [1.54, 1.807) is 18.5 Å². The Morgan fingerprint density at radius 2 is 1.94 bits per heavy atom. The zero-order chi connectivity index (χ0) is 24.8. The van der Waals surface area contributed by atoms with E-state index >= 15 is 0 Å². The van der Waals surface area contributed by atoms with Crippen molar-refractivity contribution in [3.8, 4) is 0 Å². The van der Waals surface area contributed by atoms with Gasteiger partial charge in [0.15, 0.2) is 0 Å². The summed E-state index contributed by atoms with van der Waals surface area (Å²) in [7, 11) is 0.